The minimum atomic E-state index is -0.578. The van der Waals surface area contributed by atoms with E-state index in [1.165, 1.54) is 0 Å². The summed E-state index contributed by atoms with van der Waals surface area (Å²) in [5.74, 6) is 5.36. The van der Waals surface area contributed by atoms with Crippen LogP contribution in [-0.2, 0) is 4.74 Å². The van der Waals surface area contributed by atoms with Crippen LogP contribution < -0.4 is 56.7 Å². The molecule has 0 aromatic heterocycles. The Morgan fingerprint density at radius 2 is 2.24 bits per heavy atom. The second-order valence-electron chi connectivity index (χ2n) is 2.70. The van der Waals surface area contributed by atoms with E-state index in [1.54, 1.807) is 24.3 Å². The Balaban J connectivity index is 0. The smallest absolute Gasteiger partial charge is 1.00 e. The number of rotatable bonds is 2. The van der Waals surface area contributed by atoms with Crippen LogP contribution in [0.15, 0.2) is 24.3 Å². The van der Waals surface area contributed by atoms with Crippen molar-refractivity contribution < 1.29 is 62.3 Å². The number of alkyl halides is 1. The molecular weight excluding hydrogens is 288 g/mol. The third-order valence-corrected chi connectivity index (χ3v) is 1.91. The van der Waals surface area contributed by atoms with E-state index < -0.39 is 6.09 Å². The first kappa shape index (κ1) is 17.3. The molecule has 0 bridgehead atoms. The molecule has 1 amide bonds. The van der Waals surface area contributed by atoms with E-state index in [2.05, 4.69) is 17.2 Å². The maximum absolute atomic E-state index is 11.2. The minimum Gasteiger partial charge on any atom is -1.00 e. The van der Waals surface area contributed by atoms with Crippen LogP contribution >= 0.6 is 23.2 Å². The zero-order chi connectivity index (χ0) is 11.8. The van der Waals surface area contributed by atoms with Crippen molar-refractivity contribution in [1.29, 1.82) is 0 Å². The fourth-order valence-electron chi connectivity index (χ4n) is 0.920. The zero-order valence-electron chi connectivity index (χ0n) is 10.3. The molecule has 0 aliphatic heterocycles. The normalized spacial score (nSPS) is 8.35. The van der Waals surface area contributed by atoms with Gasteiger partial charge in [-0.15, -0.1) is 11.6 Å². The van der Waals surface area contributed by atoms with Crippen molar-refractivity contribution in [2.24, 2.45) is 0 Å². The number of halogens is 2. The molecule has 17 heavy (non-hydrogen) atoms. The molecule has 0 aliphatic rings. The summed E-state index contributed by atoms with van der Waals surface area (Å²) in [5, 5.41) is 3.05. The van der Waals surface area contributed by atoms with Crippen LogP contribution in [-0.4, -0.2) is 18.6 Å². The van der Waals surface area contributed by atoms with Crippen LogP contribution in [0.5, 0.6) is 0 Å². The second kappa shape index (κ2) is 10.2. The molecule has 0 heterocycles. The first-order valence-electron chi connectivity index (χ1n) is 4.43. The molecule has 6 heteroatoms. The largest absolute Gasteiger partial charge is 1.00 e. The Kier molecular flexibility index (Phi) is 10.4. The van der Waals surface area contributed by atoms with E-state index in [-0.39, 0.29) is 65.3 Å². The standard InChI is InChI=1S/C11H9Cl2NO2.K.H/c12-6-1-2-7-16-11(15)14-10-5-3-4-9(13)8-10;;/h3-5,8H,6-7H2,(H,14,15);;/q;+1;-1. The monoisotopic (exact) mass is 297 g/mol. The quantitative estimate of drug-likeness (QED) is 0.483. The van der Waals surface area contributed by atoms with Crippen LogP contribution in [0.25, 0.3) is 0 Å². The first-order valence-corrected chi connectivity index (χ1v) is 5.34. The summed E-state index contributed by atoms with van der Waals surface area (Å²) in [7, 11) is 0. The summed E-state index contributed by atoms with van der Waals surface area (Å²) in [6, 6.07) is 6.76. The van der Waals surface area contributed by atoms with Crippen molar-refractivity contribution in [3.63, 3.8) is 0 Å². The van der Waals surface area contributed by atoms with Gasteiger partial charge in [0.15, 0.2) is 6.61 Å². The van der Waals surface area contributed by atoms with Crippen molar-refractivity contribution in [2.45, 2.75) is 0 Å². The van der Waals surface area contributed by atoms with Crippen molar-refractivity contribution in [3.05, 3.63) is 29.3 Å². The van der Waals surface area contributed by atoms with Gasteiger partial charge in [-0.3, -0.25) is 5.32 Å². The number of amides is 1. The molecule has 0 saturated heterocycles. The number of hydrogen-bond donors (Lipinski definition) is 1. The topological polar surface area (TPSA) is 38.3 Å². The number of carbonyl (C=O) groups is 1. The molecular formula is C11H10Cl2KNO2. The number of anilines is 1. The summed E-state index contributed by atoms with van der Waals surface area (Å²) < 4.78 is 4.76. The average Bonchev–Trinajstić information content (AvgIpc) is 2.24. The molecule has 0 fully saturated rings. The first-order chi connectivity index (χ1) is 7.72. The van der Waals surface area contributed by atoms with Crippen LogP contribution in [0, 0.1) is 11.8 Å². The molecule has 0 spiro atoms. The molecule has 0 atom stereocenters. The van der Waals surface area contributed by atoms with Gasteiger partial charge in [0.05, 0.1) is 5.88 Å². The fourth-order valence-corrected chi connectivity index (χ4v) is 1.20. The van der Waals surface area contributed by atoms with Gasteiger partial charge >= 0.3 is 57.5 Å². The SMILES string of the molecule is O=C(Nc1cccc(Cl)c1)OCC#CCCl.[H-].[K+]. The average molecular weight is 298 g/mol. The van der Waals surface area contributed by atoms with E-state index in [4.69, 9.17) is 27.9 Å². The molecule has 0 aliphatic carbocycles. The minimum absolute atomic E-state index is 0. The van der Waals surface area contributed by atoms with Crippen LogP contribution in [0.1, 0.15) is 1.43 Å². The molecule has 1 aromatic carbocycles. The Morgan fingerprint density at radius 3 is 2.88 bits per heavy atom. The van der Waals surface area contributed by atoms with Gasteiger partial charge < -0.3 is 6.16 Å². The van der Waals surface area contributed by atoms with Crippen molar-refractivity contribution in [3.8, 4) is 11.8 Å². The van der Waals surface area contributed by atoms with Gasteiger partial charge in [-0.1, -0.05) is 29.5 Å². The Labute approximate surface area is 154 Å². The van der Waals surface area contributed by atoms with Crippen molar-refractivity contribution in [2.75, 3.05) is 17.8 Å². The van der Waals surface area contributed by atoms with Gasteiger partial charge in [0, 0.05) is 10.7 Å². The Hall–Kier alpha value is 0.266. The van der Waals surface area contributed by atoms with Crippen molar-refractivity contribution in [1.82, 2.24) is 0 Å². The molecule has 86 valence electrons. The summed E-state index contributed by atoms with van der Waals surface area (Å²) in [6.07, 6.45) is -0.578. The predicted octanol–water partition coefficient (Wildman–Crippen LogP) is 0.247. The molecule has 0 unspecified atom stereocenters. The molecule has 0 saturated carbocycles. The maximum atomic E-state index is 11.2. The summed E-state index contributed by atoms with van der Waals surface area (Å²) >= 11 is 11.1. The van der Waals surface area contributed by atoms with E-state index in [0.29, 0.717) is 10.7 Å². The predicted molar refractivity (Wildman–Crippen MR) is 66.0 cm³/mol. The molecule has 0 radical (unpaired) electrons. The number of carbonyl (C=O) groups excluding carboxylic acids is 1. The maximum Gasteiger partial charge on any atom is 1.00 e. The summed E-state index contributed by atoms with van der Waals surface area (Å²) in [4.78, 5) is 11.2. The molecule has 1 N–H and O–H groups in total. The van der Waals surface area contributed by atoms with Crippen LogP contribution in [0.4, 0.5) is 10.5 Å². The van der Waals surface area contributed by atoms with Crippen LogP contribution in [0.2, 0.25) is 5.02 Å². The van der Waals surface area contributed by atoms with Gasteiger partial charge in [0.1, 0.15) is 0 Å². The summed E-state index contributed by atoms with van der Waals surface area (Å²) in [6.45, 7) is 0.0130. The second-order valence-corrected chi connectivity index (χ2v) is 3.40. The third kappa shape index (κ3) is 8.06. The molecule has 1 rings (SSSR count). The molecule has 1 aromatic rings. The number of benzene rings is 1. The number of hydrogen-bond acceptors (Lipinski definition) is 2. The van der Waals surface area contributed by atoms with Gasteiger partial charge in [0.2, 0.25) is 0 Å². The van der Waals surface area contributed by atoms with Gasteiger partial charge in [-0.05, 0) is 18.2 Å². The Morgan fingerprint density at radius 1 is 1.47 bits per heavy atom. The number of nitrogens with one attached hydrogen (secondary N) is 1. The number of ether oxygens (including phenoxy) is 1. The van der Waals surface area contributed by atoms with Crippen LogP contribution in [0.3, 0.4) is 0 Å². The van der Waals surface area contributed by atoms with E-state index in [0.717, 1.165) is 0 Å². The zero-order valence-corrected chi connectivity index (χ0v) is 13.9. The van der Waals surface area contributed by atoms with Gasteiger partial charge in [0.25, 0.3) is 0 Å². The summed E-state index contributed by atoms with van der Waals surface area (Å²) in [5.41, 5.74) is 0.572. The van der Waals surface area contributed by atoms with E-state index in [9.17, 15) is 4.79 Å². The fraction of sp³-hybridized carbons (Fsp3) is 0.182. The van der Waals surface area contributed by atoms with Gasteiger partial charge in [-0.25, -0.2) is 4.79 Å². The Bertz CT molecular complexity index is 435. The van der Waals surface area contributed by atoms with Crippen molar-refractivity contribution >= 4 is 35.0 Å². The van der Waals surface area contributed by atoms with E-state index >= 15 is 0 Å². The van der Waals surface area contributed by atoms with E-state index in [1.807, 2.05) is 0 Å². The van der Waals surface area contributed by atoms with Gasteiger partial charge in [-0.2, -0.15) is 0 Å². The third-order valence-electron chi connectivity index (χ3n) is 1.54. The molecule has 3 nitrogen and oxygen atoms in total.